The van der Waals surface area contributed by atoms with E-state index >= 15 is 0 Å². The van der Waals surface area contributed by atoms with Gasteiger partial charge >= 0.3 is 12.1 Å². The van der Waals surface area contributed by atoms with Crippen molar-refractivity contribution in [3.63, 3.8) is 0 Å². The molecule has 0 aliphatic carbocycles. The molecule has 314 valence electrons. The number of cyclic esters (lactones) is 1. The van der Waals surface area contributed by atoms with Crippen molar-refractivity contribution in [1.82, 2.24) is 14.7 Å². The molecule has 0 aromatic heterocycles. The van der Waals surface area contributed by atoms with E-state index in [-0.39, 0.29) is 61.3 Å². The second-order valence-electron chi connectivity index (χ2n) is 16.0. The van der Waals surface area contributed by atoms with Gasteiger partial charge in [-0.2, -0.15) is 0 Å². The Morgan fingerprint density at radius 1 is 1.05 bits per heavy atom. The lowest BCUT2D eigenvalue weighted by Crippen LogP contribution is -2.50. The van der Waals surface area contributed by atoms with Gasteiger partial charge in [0.2, 0.25) is 0 Å². The molecule has 0 radical (unpaired) electrons. The van der Waals surface area contributed by atoms with Gasteiger partial charge < -0.3 is 39.2 Å². The zero-order chi connectivity index (χ0) is 41.0. The molecule has 0 saturated carbocycles. The predicted molar refractivity (Wildman–Crippen MR) is 209 cm³/mol. The molecule has 0 bridgehead atoms. The first kappa shape index (κ1) is 45.3. The summed E-state index contributed by atoms with van der Waals surface area (Å²) in [6.07, 6.45) is 10.9. The molecule has 4 aliphatic rings. The smallest absolute Gasteiger partial charge is 0.410 e. The van der Waals surface area contributed by atoms with Gasteiger partial charge in [0.1, 0.15) is 12.2 Å². The molecule has 0 aromatic rings. The van der Waals surface area contributed by atoms with Crippen molar-refractivity contribution in [1.29, 1.82) is 0 Å². The number of carbonyl (C=O) groups is 4. The maximum Gasteiger partial charge on any atom is 0.410 e. The predicted octanol–water partition coefficient (Wildman–Crippen LogP) is 3.54. The number of hydrogen-bond acceptors (Lipinski definition) is 12. The summed E-state index contributed by atoms with van der Waals surface area (Å²) in [5.41, 5.74) is -0.412. The van der Waals surface area contributed by atoms with E-state index in [1.54, 1.807) is 24.0 Å². The van der Waals surface area contributed by atoms with E-state index in [9.17, 15) is 34.5 Å². The van der Waals surface area contributed by atoms with E-state index in [0.717, 1.165) is 10.5 Å². The quantitative estimate of drug-likeness (QED) is 0.0519. The first-order valence-electron chi connectivity index (χ1n) is 20.4. The van der Waals surface area contributed by atoms with Crippen molar-refractivity contribution in [3.8, 4) is 0 Å². The number of hydrogen-bond donors (Lipinski definition) is 3. The number of amides is 3. The van der Waals surface area contributed by atoms with Crippen LogP contribution in [0.2, 0.25) is 0 Å². The van der Waals surface area contributed by atoms with Crippen molar-refractivity contribution < 1.29 is 53.4 Å². The van der Waals surface area contributed by atoms with Crippen LogP contribution in [-0.4, -0.2) is 149 Å². The van der Waals surface area contributed by atoms with Crippen LogP contribution in [0, 0.1) is 17.8 Å². The van der Waals surface area contributed by atoms with Crippen molar-refractivity contribution in [3.05, 3.63) is 48.1 Å². The molecule has 14 heteroatoms. The van der Waals surface area contributed by atoms with Crippen molar-refractivity contribution in [2.75, 3.05) is 52.5 Å². The summed E-state index contributed by atoms with van der Waals surface area (Å²) in [5.74, 6) is -1.54. The Balaban J connectivity index is 1.33. The minimum atomic E-state index is -1.16. The molecule has 14 nitrogen and oxygen atoms in total. The minimum absolute atomic E-state index is 0.0143. The van der Waals surface area contributed by atoms with E-state index in [4.69, 9.17) is 18.9 Å². The van der Waals surface area contributed by atoms with Gasteiger partial charge in [-0.05, 0) is 57.1 Å². The van der Waals surface area contributed by atoms with Crippen LogP contribution < -0.4 is 0 Å². The Bertz CT molecular complexity index is 1430. The van der Waals surface area contributed by atoms with Crippen LogP contribution in [-0.2, 0) is 33.3 Å². The van der Waals surface area contributed by atoms with Gasteiger partial charge in [-0.15, -0.1) is 0 Å². The van der Waals surface area contributed by atoms with Crippen LogP contribution in [0.4, 0.5) is 4.79 Å². The first-order chi connectivity index (χ1) is 26.6. The molecule has 4 rings (SSSR count). The number of piperazine rings is 1. The Hall–Kier alpha value is -3.40. The second-order valence-corrected chi connectivity index (χ2v) is 16.0. The number of epoxide rings is 1. The zero-order valence-electron chi connectivity index (χ0n) is 34.1. The van der Waals surface area contributed by atoms with Crippen LogP contribution >= 0.6 is 0 Å². The molecule has 10 atom stereocenters. The van der Waals surface area contributed by atoms with Crippen molar-refractivity contribution >= 4 is 23.9 Å². The fourth-order valence-electron chi connectivity index (χ4n) is 7.58. The van der Waals surface area contributed by atoms with E-state index in [1.165, 1.54) is 12.2 Å². The van der Waals surface area contributed by atoms with Gasteiger partial charge in [-0.1, -0.05) is 52.0 Å². The molecule has 4 aliphatic heterocycles. The van der Waals surface area contributed by atoms with E-state index in [2.05, 4.69) is 4.90 Å². The summed E-state index contributed by atoms with van der Waals surface area (Å²) in [6, 6.07) is 0. The zero-order valence-corrected chi connectivity index (χ0v) is 34.1. The fourth-order valence-corrected chi connectivity index (χ4v) is 7.58. The number of allylic oxidation sites excluding steroid dienone is 2. The Labute approximate surface area is 332 Å². The third kappa shape index (κ3) is 13.6. The number of aliphatic hydroxyl groups is 3. The van der Waals surface area contributed by atoms with Crippen LogP contribution in [0.1, 0.15) is 80.1 Å². The summed E-state index contributed by atoms with van der Waals surface area (Å²) in [6.45, 7) is 15.2. The van der Waals surface area contributed by atoms with Crippen LogP contribution in [0.3, 0.4) is 0 Å². The monoisotopic (exact) mass is 787 g/mol. The molecule has 3 amide bonds. The molecular formula is C42H65N3O11. The van der Waals surface area contributed by atoms with Gasteiger partial charge in [0.05, 0.1) is 56.2 Å². The molecule has 2 fully saturated rings. The molecule has 56 heavy (non-hydrogen) atoms. The van der Waals surface area contributed by atoms with E-state index in [1.807, 2.05) is 52.8 Å². The normalized spacial score (nSPS) is 31.1. The molecule has 1 unspecified atom stereocenters. The SMILES string of the molecule is CCC1CC[C@@H](O)CC(=O)O[C@H](/C(C)=C/C=C/[C@](C)(O)C[C@H]2O[C@@H]2[C@H](C)[C@@H](O)CC)[C@@H](C)/C=C/[C@@H]1OC(=O)N1CCN(CCOCCN2C(=O)C=CC2=O)CC1. The first-order valence-corrected chi connectivity index (χ1v) is 20.4. The molecule has 3 N–H and O–H groups in total. The second kappa shape index (κ2) is 21.4. The van der Waals surface area contributed by atoms with Gasteiger partial charge in [0.25, 0.3) is 11.8 Å². The number of ether oxygens (including phenoxy) is 4. The highest BCUT2D eigenvalue weighted by molar-refractivity contribution is 6.12. The lowest BCUT2D eigenvalue weighted by atomic mass is 9.89. The van der Waals surface area contributed by atoms with Gasteiger partial charge in [0.15, 0.2) is 0 Å². The van der Waals surface area contributed by atoms with Crippen molar-refractivity contribution in [2.45, 2.75) is 122 Å². The summed E-state index contributed by atoms with van der Waals surface area (Å²) in [5, 5.41) is 32.0. The number of carbonyl (C=O) groups excluding carboxylic acids is 4. The number of rotatable bonds is 16. The largest absolute Gasteiger partial charge is 0.457 e. The maximum atomic E-state index is 13.5. The molecule has 4 heterocycles. The number of imide groups is 1. The summed E-state index contributed by atoms with van der Waals surface area (Å²) >= 11 is 0. The van der Waals surface area contributed by atoms with E-state index < -0.39 is 42.1 Å². The third-order valence-corrected chi connectivity index (χ3v) is 11.4. The van der Waals surface area contributed by atoms with Crippen LogP contribution in [0.25, 0.3) is 0 Å². The highest BCUT2D eigenvalue weighted by Crippen LogP contribution is 2.37. The average Bonchev–Trinajstić information content (AvgIpc) is 3.84. The van der Waals surface area contributed by atoms with Gasteiger partial charge in [-0.25, -0.2) is 4.79 Å². The lowest BCUT2D eigenvalue weighted by Gasteiger charge is -2.35. The lowest BCUT2D eigenvalue weighted by molar-refractivity contribution is -0.151. The fraction of sp³-hybridized carbons (Fsp3) is 0.714. The van der Waals surface area contributed by atoms with Crippen LogP contribution in [0.5, 0.6) is 0 Å². The standard InChI is InChI=1S/C42H65N3O11/c1-7-31-12-13-32(46)26-38(50)56-39(28(3)10-9-17-42(6,52)27-35-40(54-35)30(5)33(47)8-2)29(4)11-14-34(31)55-41(51)44-20-18-43(19-21-44)22-24-53-25-23-45-36(48)15-16-37(45)49/h9-11,14-17,29-35,39-40,46-47,52H,7-8,12-13,18-27H2,1-6H3/b14-11+,17-9+,28-10+/t29-,30+,31?,32+,33-,34-,35+,39+,40+,42-/m0/s1. The number of nitrogens with zero attached hydrogens (tertiary/aromatic N) is 3. The summed E-state index contributed by atoms with van der Waals surface area (Å²) in [4.78, 5) is 54.9. The topological polar surface area (TPSA) is 179 Å². The van der Waals surface area contributed by atoms with Gasteiger partial charge in [0, 0.05) is 63.1 Å². The molecule has 0 aromatic carbocycles. The highest BCUT2D eigenvalue weighted by Gasteiger charge is 2.47. The van der Waals surface area contributed by atoms with E-state index in [0.29, 0.717) is 71.4 Å². The molecule has 2 saturated heterocycles. The minimum Gasteiger partial charge on any atom is -0.457 e. The number of esters is 1. The Kier molecular flexibility index (Phi) is 17.3. The average molecular weight is 788 g/mol. The third-order valence-electron chi connectivity index (χ3n) is 11.4. The Morgan fingerprint density at radius 2 is 1.73 bits per heavy atom. The maximum absolute atomic E-state index is 13.5. The summed E-state index contributed by atoms with van der Waals surface area (Å²) < 4.78 is 23.5. The Morgan fingerprint density at radius 3 is 2.39 bits per heavy atom. The highest BCUT2D eigenvalue weighted by atomic mass is 16.6. The van der Waals surface area contributed by atoms with Crippen molar-refractivity contribution in [2.24, 2.45) is 17.8 Å². The number of aliphatic hydroxyl groups excluding tert-OH is 2. The molecular weight excluding hydrogens is 722 g/mol. The molecule has 0 spiro atoms. The summed E-state index contributed by atoms with van der Waals surface area (Å²) in [7, 11) is 0. The van der Waals surface area contributed by atoms with Gasteiger partial charge in [-0.3, -0.25) is 24.2 Å². The van der Waals surface area contributed by atoms with Crippen LogP contribution in [0.15, 0.2) is 48.1 Å².